The van der Waals surface area contributed by atoms with Crippen LogP contribution in [0.1, 0.15) is 17.2 Å². The van der Waals surface area contributed by atoms with Gasteiger partial charge >= 0.3 is 0 Å². The van der Waals surface area contributed by atoms with Crippen molar-refractivity contribution in [1.29, 1.82) is 5.26 Å². The first kappa shape index (κ1) is 10.4. The molecule has 0 fully saturated rings. The number of benzene rings is 1. The van der Waals surface area contributed by atoms with Crippen LogP contribution in [-0.2, 0) is 9.84 Å². The van der Waals surface area contributed by atoms with Crippen molar-refractivity contribution in [3.05, 3.63) is 29.3 Å². The summed E-state index contributed by atoms with van der Waals surface area (Å²) >= 11 is 5.46. The molecule has 0 bridgehead atoms. The highest BCUT2D eigenvalue weighted by Crippen LogP contribution is 2.34. The zero-order valence-electron chi connectivity index (χ0n) is 7.57. The molecule has 1 aliphatic rings. The van der Waals surface area contributed by atoms with Crippen molar-refractivity contribution in [3.8, 4) is 6.07 Å². The van der Waals surface area contributed by atoms with Gasteiger partial charge in [0.1, 0.15) is 0 Å². The van der Waals surface area contributed by atoms with Crippen LogP contribution in [0.3, 0.4) is 0 Å². The fourth-order valence-corrected chi connectivity index (χ4v) is 3.69. The highest BCUT2D eigenvalue weighted by atomic mass is 35.5. The van der Waals surface area contributed by atoms with Crippen molar-refractivity contribution in [3.63, 3.8) is 0 Å². The van der Waals surface area contributed by atoms with Gasteiger partial charge in [-0.1, -0.05) is 6.07 Å². The van der Waals surface area contributed by atoms with Gasteiger partial charge < -0.3 is 0 Å². The van der Waals surface area contributed by atoms with Gasteiger partial charge in [0.15, 0.2) is 9.84 Å². The normalized spacial score (nSPS) is 22.0. The SMILES string of the molecule is N#Cc1ccc2c(c1)S(=O)(=O)CC2NCl. The average molecular weight is 243 g/mol. The van der Waals surface area contributed by atoms with E-state index in [0.717, 1.165) is 0 Å². The number of halogens is 1. The largest absolute Gasteiger partial charge is 0.225 e. The van der Waals surface area contributed by atoms with Crippen molar-refractivity contribution in [2.24, 2.45) is 0 Å². The fourth-order valence-electron chi connectivity index (χ4n) is 1.65. The van der Waals surface area contributed by atoms with Gasteiger partial charge in [0, 0.05) is 0 Å². The first-order valence-corrected chi connectivity index (χ1v) is 6.24. The molecule has 78 valence electrons. The fraction of sp³-hybridized carbons (Fsp3) is 0.222. The second-order valence-electron chi connectivity index (χ2n) is 3.31. The summed E-state index contributed by atoms with van der Waals surface area (Å²) < 4.78 is 23.4. The summed E-state index contributed by atoms with van der Waals surface area (Å²) in [5, 5.41) is 8.68. The Hall–Kier alpha value is -1.09. The number of nitrogens with one attached hydrogen (secondary N) is 1. The van der Waals surface area contributed by atoms with Crippen LogP contribution in [-0.4, -0.2) is 14.2 Å². The second kappa shape index (κ2) is 3.49. The third-order valence-electron chi connectivity index (χ3n) is 2.37. The molecule has 4 nitrogen and oxygen atoms in total. The van der Waals surface area contributed by atoms with Gasteiger partial charge in [0.2, 0.25) is 0 Å². The number of sulfone groups is 1. The van der Waals surface area contributed by atoms with E-state index in [1.165, 1.54) is 6.07 Å². The number of nitrogens with zero attached hydrogens (tertiary/aromatic N) is 1. The molecule has 2 rings (SSSR count). The van der Waals surface area contributed by atoms with E-state index < -0.39 is 9.84 Å². The Balaban J connectivity index is 2.66. The van der Waals surface area contributed by atoms with Gasteiger partial charge in [-0.05, 0) is 29.5 Å². The summed E-state index contributed by atoms with van der Waals surface area (Å²) in [5.74, 6) is -0.0548. The van der Waals surface area contributed by atoms with Crippen LogP contribution < -0.4 is 4.84 Å². The minimum atomic E-state index is -3.30. The van der Waals surface area contributed by atoms with Gasteiger partial charge in [0.05, 0.1) is 28.3 Å². The van der Waals surface area contributed by atoms with E-state index in [-0.39, 0.29) is 16.7 Å². The smallest absolute Gasteiger partial charge is 0.180 e. The molecule has 15 heavy (non-hydrogen) atoms. The van der Waals surface area contributed by atoms with Gasteiger partial charge in [-0.25, -0.2) is 13.3 Å². The number of fused-ring (bicyclic) bond motifs is 1. The number of nitriles is 1. The molecule has 1 aliphatic heterocycles. The van der Waals surface area contributed by atoms with E-state index in [4.69, 9.17) is 17.0 Å². The summed E-state index contributed by atoms with van der Waals surface area (Å²) in [6.45, 7) is 0. The van der Waals surface area contributed by atoms with E-state index in [1.54, 1.807) is 12.1 Å². The average Bonchev–Trinajstić information content (AvgIpc) is 2.50. The topological polar surface area (TPSA) is 70.0 Å². The van der Waals surface area contributed by atoms with Gasteiger partial charge in [0.25, 0.3) is 0 Å². The van der Waals surface area contributed by atoms with Crippen LogP contribution in [0.5, 0.6) is 0 Å². The lowest BCUT2D eigenvalue weighted by Crippen LogP contribution is -2.13. The Morgan fingerprint density at radius 1 is 1.53 bits per heavy atom. The molecule has 1 aromatic carbocycles. The van der Waals surface area contributed by atoms with Crippen molar-refractivity contribution in [2.75, 3.05) is 5.75 Å². The summed E-state index contributed by atoms with van der Waals surface area (Å²) in [6, 6.07) is 6.12. The molecule has 1 heterocycles. The van der Waals surface area contributed by atoms with Gasteiger partial charge in [-0.3, -0.25) is 0 Å². The Kier molecular flexibility index (Phi) is 2.43. The van der Waals surface area contributed by atoms with Crippen LogP contribution in [0.4, 0.5) is 0 Å². The maximum atomic E-state index is 11.7. The first-order valence-electron chi connectivity index (χ1n) is 4.21. The molecule has 1 atom stereocenters. The molecule has 1 N–H and O–H groups in total. The van der Waals surface area contributed by atoms with Crippen molar-refractivity contribution in [2.45, 2.75) is 10.9 Å². The molecule has 0 saturated carbocycles. The van der Waals surface area contributed by atoms with Crippen LogP contribution in [0.15, 0.2) is 23.1 Å². The Bertz CT molecular complexity index is 548. The first-order chi connectivity index (χ1) is 7.08. The molecule has 0 saturated heterocycles. The molecule has 0 aliphatic carbocycles. The number of hydrogen-bond acceptors (Lipinski definition) is 4. The lowest BCUT2D eigenvalue weighted by molar-refractivity contribution is 0.596. The van der Waals surface area contributed by atoms with Crippen LogP contribution >= 0.6 is 11.8 Å². The highest BCUT2D eigenvalue weighted by molar-refractivity contribution is 7.91. The third kappa shape index (κ3) is 1.61. The lowest BCUT2D eigenvalue weighted by atomic mass is 10.1. The highest BCUT2D eigenvalue weighted by Gasteiger charge is 2.34. The molecule has 0 radical (unpaired) electrons. The van der Waals surface area contributed by atoms with E-state index >= 15 is 0 Å². The summed E-state index contributed by atoms with van der Waals surface area (Å²) in [6.07, 6.45) is 0. The van der Waals surface area contributed by atoms with E-state index in [9.17, 15) is 8.42 Å². The maximum absolute atomic E-state index is 11.7. The summed E-state index contributed by atoms with van der Waals surface area (Å²) in [5.41, 5.74) is 0.969. The predicted molar refractivity (Wildman–Crippen MR) is 54.9 cm³/mol. The zero-order valence-corrected chi connectivity index (χ0v) is 9.14. The molecule has 1 unspecified atom stereocenters. The molecule has 6 heteroatoms. The monoisotopic (exact) mass is 242 g/mol. The molecule has 0 aromatic heterocycles. The maximum Gasteiger partial charge on any atom is 0.180 e. The van der Waals surface area contributed by atoms with Crippen molar-refractivity contribution >= 4 is 21.6 Å². The molecule has 1 aromatic rings. The standard InChI is InChI=1S/C9H7ClN2O2S/c10-12-8-5-15(13,14)9-3-6(4-11)1-2-7(8)9/h1-3,8,12H,5H2. The molecule has 0 amide bonds. The van der Waals surface area contributed by atoms with E-state index in [1.807, 2.05) is 6.07 Å². The van der Waals surface area contributed by atoms with Crippen LogP contribution in [0.2, 0.25) is 0 Å². The summed E-state index contributed by atoms with van der Waals surface area (Å²) in [4.78, 5) is 2.63. The molecular weight excluding hydrogens is 236 g/mol. The Morgan fingerprint density at radius 3 is 2.87 bits per heavy atom. The zero-order chi connectivity index (χ0) is 11.1. The quantitative estimate of drug-likeness (QED) is 0.750. The minimum absolute atomic E-state index is 0.0548. The predicted octanol–water partition coefficient (Wildman–Crippen LogP) is 1.13. The molecular formula is C9H7ClN2O2S. The lowest BCUT2D eigenvalue weighted by Gasteiger charge is -2.04. The number of rotatable bonds is 1. The van der Waals surface area contributed by atoms with Crippen molar-refractivity contribution < 1.29 is 8.42 Å². The van der Waals surface area contributed by atoms with E-state index in [2.05, 4.69) is 4.84 Å². The van der Waals surface area contributed by atoms with Gasteiger partial charge in [-0.2, -0.15) is 5.26 Å². The van der Waals surface area contributed by atoms with Crippen LogP contribution in [0, 0.1) is 11.3 Å². The van der Waals surface area contributed by atoms with Crippen LogP contribution in [0.25, 0.3) is 0 Å². The Morgan fingerprint density at radius 2 is 2.27 bits per heavy atom. The minimum Gasteiger partial charge on any atom is -0.225 e. The number of hydrogen-bond donors (Lipinski definition) is 1. The van der Waals surface area contributed by atoms with Gasteiger partial charge in [-0.15, -0.1) is 0 Å². The second-order valence-corrected chi connectivity index (χ2v) is 5.53. The third-order valence-corrected chi connectivity index (χ3v) is 4.43. The summed E-state index contributed by atoms with van der Waals surface area (Å²) in [7, 11) is -3.30. The van der Waals surface area contributed by atoms with Crippen molar-refractivity contribution in [1.82, 2.24) is 4.84 Å². The van der Waals surface area contributed by atoms with E-state index in [0.29, 0.717) is 11.1 Å². The Labute approximate surface area is 92.5 Å². The molecule has 0 spiro atoms.